The molecule has 0 saturated carbocycles. The first-order valence-corrected chi connectivity index (χ1v) is 9.00. The second kappa shape index (κ2) is 7.84. The van der Waals surface area contributed by atoms with Crippen molar-refractivity contribution in [3.05, 3.63) is 74.5 Å². The summed E-state index contributed by atoms with van der Waals surface area (Å²) >= 11 is 7.25. The molecule has 2 aromatic rings. The summed E-state index contributed by atoms with van der Waals surface area (Å²) in [4.78, 5) is 28.6. The number of halogens is 2. The summed E-state index contributed by atoms with van der Waals surface area (Å²) in [6.07, 6.45) is 0. The Labute approximate surface area is 157 Å². The summed E-state index contributed by atoms with van der Waals surface area (Å²) in [7, 11) is 0. The second-order valence-electron chi connectivity index (χ2n) is 5.41. The van der Waals surface area contributed by atoms with Crippen molar-refractivity contribution in [3.63, 3.8) is 0 Å². The Morgan fingerprint density at radius 1 is 1.31 bits per heavy atom. The fourth-order valence-corrected chi connectivity index (χ4v) is 3.82. The molecular formula is C17H13ClFN3O3S. The number of hydrogen-bond donors (Lipinski definition) is 0. The molecule has 0 spiro atoms. The zero-order valence-electron chi connectivity index (χ0n) is 13.4. The Hall–Kier alpha value is -2.45. The molecule has 0 N–H and O–H groups in total. The van der Waals surface area contributed by atoms with Crippen molar-refractivity contribution in [2.45, 2.75) is 5.75 Å². The van der Waals surface area contributed by atoms with Gasteiger partial charge in [-0.1, -0.05) is 29.4 Å². The van der Waals surface area contributed by atoms with Crippen molar-refractivity contribution >= 4 is 40.1 Å². The molecule has 0 unspecified atom stereocenters. The molecule has 134 valence electrons. The fraction of sp³-hybridized carbons (Fsp3) is 0.176. The van der Waals surface area contributed by atoms with Gasteiger partial charge in [0.2, 0.25) is 0 Å². The summed E-state index contributed by atoms with van der Waals surface area (Å²) < 4.78 is 13.9. The molecule has 0 fully saturated rings. The minimum atomic E-state index is -0.523. The molecule has 0 aromatic heterocycles. The molecule has 2 aromatic carbocycles. The number of hydrogen-bond acceptors (Lipinski definition) is 5. The van der Waals surface area contributed by atoms with Crippen molar-refractivity contribution in [1.82, 2.24) is 4.90 Å². The van der Waals surface area contributed by atoms with Gasteiger partial charge in [-0.05, 0) is 24.3 Å². The Balaban J connectivity index is 1.71. The van der Waals surface area contributed by atoms with E-state index in [1.54, 1.807) is 6.07 Å². The molecule has 9 heteroatoms. The van der Waals surface area contributed by atoms with Gasteiger partial charge in [-0.25, -0.2) is 4.39 Å². The van der Waals surface area contributed by atoms with Crippen LogP contribution in [-0.2, 0) is 5.75 Å². The van der Waals surface area contributed by atoms with Crippen molar-refractivity contribution in [2.75, 3.05) is 13.1 Å². The van der Waals surface area contributed by atoms with Crippen LogP contribution in [0.25, 0.3) is 0 Å². The first-order valence-electron chi connectivity index (χ1n) is 7.64. The highest BCUT2D eigenvalue weighted by Gasteiger charge is 2.26. The van der Waals surface area contributed by atoms with E-state index in [1.165, 1.54) is 53.1 Å². The van der Waals surface area contributed by atoms with Crippen LogP contribution < -0.4 is 0 Å². The number of carbonyl (C=O) groups excluding carboxylic acids is 1. The summed E-state index contributed by atoms with van der Waals surface area (Å²) in [6, 6.07) is 9.86. The highest BCUT2D eigenvalue weighted by Crippen LogP contribution is 2.27. The van der Waals surface area contributed by atoms with Crippen LogP contribution in [0.4, 0.5) is 10.1 Å². The Bertz CT molecular complexity index is 869. The first kappa shape index (κ1) is 18.3. The van der Waals surface area contributed by atoms with Gasteiger partial charge in [-0.2, -0.15) is 0 Å². The van der Waals surface area contributed by atoms with Crippen LogP contribution in [0.2, 0.25) is 5.02 Å². The summed E-state index contributed by atoms with van der Waals surface area (Å²) in [5.41, 5.74) is 0.603. The normalized spacial score (nSPS) is 13.6. The van der Waals surface area contributed by atoms with Crippen LogP contribution in [0.15, 0.2) is 47.5 Å². The van der Waals surface area contributed by atoms with Crippen LogP contribution in [0, 0.1) is 15.9 Å². The third-order valence-corrected chi connectivity index (χ3v) is 5.17. The van der Waals surface area contributed by atoms with E-state index in [9.17, 15) is 19.3 Å². The Kier molecular flexibility index (Phi) is 5.53. The van der Waals surface area contributed by atoms with Gasteiger partial charge in [0, 0.05) is 40.6 Å². The summed E-state index contributed by atoms with van der Waals surface area (Å²) in [5.74, 6) is -0.464. The molecule has 3 rings (SSSR count). The van der Waals surface area contributed by atoms with Crippen LogP contribution in [0.5, 0.6) is 0 Å². The number of rotatable bonds is 4. The predicted molar refractivity (Wildman–Crippen MR) is 99.1 cm³/mol. The van der Waals surface area contributed by atoms with E-state index in [0.717, 1.165) is 0 Å². The lowest BCUT2D eigenvalue weighted by molar-refractivity contribution is -0.384. The average molecular weight is 394 g/mol. The van der Waals surface area contributed by atoms with Gasteiger partial charge in [-0.15, -0.1) is 0 Å². The maximum Gasteiger partial charge on any atom is 0.269 e. The standard InChI is InChI=1S/C17H13ClFN3O3S/c18-14-2-1-3-15(19)13(14)10-26-17-20-8-9-21(17)16(23)11-4-6-12(7-5-11)22(24)25/h1-7H,8-10H2. The third kappa shape index (κ3) is 3.86. The maximum absolute atomic E-state index is 13.9. The number of carbonyl (C=O) groups is 1. The van der Waals surface area contributed by atoms with Gasteiger partial charge >= 0.3 is 0 Å². The number of aliphatic imine (C=N–C) groups is 1. The number of nitro groups is 1. The molecule has 1 aliphatic heterocycles. The second-order valence-corrected chi connectivity index (χ2v) is 6.76. The van der Waals surface area contributed by atoms with E-state index in [1.807, 2.05) is 0 Å². The van der Waals surface area contributed by atoms with E-state index >= 15 is 0 Å². The first-order chi connectivity index (χ1) is 12.5. The summed E-state index contributed by atoms with van der Waals surface area (Å²) in [6.45, 7) is 0.856. The number of amides is 1. The molecule has 0 aliphatic carbocycles. The molecule has 1 amide bonds. The van der Waals surface area contributed by atoms with E-state index in [0.29, 0.717) is 34.4 Å². The van der Waals surface area contributed by atoms with Gasteiger partial charge in [0.25, 0.3) is 11.6 Å². The van der Waals surface area contributed by atoms with Crippen molar-refractivity contribution < 1.29 is 14.1 Å². The highest BCUT2D eigenvalue weighted by molar-refractivity contribution is 8.13. The molecule has 6 nitrogen and oxygen atoms in total. The van der Waals surface area contributed by atoms with Crippen molar-refractivity contribution in [3.8, 4) is 0 Å². The zero-order chi connectivity index (χ0) is 18.7. The van der Waals surface area contributed by atoms with Gasteiger partial charge in [0.05, 0.1) is 11.5 Å². The van der Waals surface area contributed by atoms with Crippen molar-refractivity contribution in [2.24, 2.45) is 4.99 Å². The highest BCUT2D eigenvalue weighted by atomic mass is 35.5. The SMILES string of the molecule is O=C(c1ccc([N+](=O)[O-])cc1)N1CCN=C1SCc1c(F)cccc1Cl. The Morgan fingerprint density at radius 3 is 2.69 bits per heavy atom. The van der Waals surface area contributed by atoms with Crippen LogP contribution >= 0.6 is 23.4 Å². The fourth-order valence-electron chi connectivity index (χ4n) is 2.43. The van der Waals surface area contributed by atoms with Gasteiger partial charge < -0.3 is 0 Å². The van der Waals surface area contributed by atoms with E-state index in [-0.39, 0.29) is 17.3 Å². The largest absolute Gasteiger partial charge is 0.286 e. The van der Waals surface area contributed by atoms with Gasteiger partial charge in [0.1, 0.15) is 5.82 Å². The van der Waals surface area contributed by atoms with Crippen LogP contribution in [0.3, 0.4) is 0 Å². The topological polar surface area (TPSA) is 75.8 Å². The van der Waals surface area contributed by atoms with Crippen LogP contribution in [0.1, 0.15) is 15.9 Å². The van der Waals surface area contributed by atoms with Gasteiger partial charge in [0.15, 0.2) is 5.17 Å². The number of amidine groups is 1. The number of benzene rings is 2. The predicted octanol–water partition coefficient (Wildman–Crippen LogP) is 4.13. The monoisotopic (exact) mass is 393 g/mol. The molecule has 0 radical (unpaired) electrons. The lowest BCUT2D eigenvalue weighted by Crippen LogP contribution is -2.32. The molecule has 0 bridgehead atoms. The quantitative estimate of drug-likeness (QED) is 0.578. The lowest BCUT2D eigenvalue weighted by Gasteiger charge is -2.18. The van der Waals surface area contributed by atoms with E-state index < -0.39 is 10.7 Å². The maximum atomic E-state index is 13.9. The van der Waals surface area contributed by atoms with E-state index in [4.69, 9.17) is 11.6 Å². The number of non-ortho nitro benzene ring substituents is 1. The zero-order valence-corrected chi connectivity index (χ0v) is 15.0. The molecule has 0 atom stereocenters. The number of thioether (sulfide) groups is 1. The number of nitro benzene ring substituents is 1. The molecule has 1 aliphatic rings. The van der Waals surface area contributed by atoms with Crippen molar-refractivity contribution in [1.29, 1.82) is 0 Å². The van der Waals surface area contributed by atoms with Crippen LogP contribution in [-0.4, -0.2) is 34.0 Å². The Morgan fingerprint density at radius 2 is 2.04 bits per heavy atom. The smallest absolute Gasteiger partial charge is 0.269 e. The molecule has 0 saturated heterocycles. The minimum Gasteiger partial charge on any atom is -0.286 e. The van der Waals surface area contributed by atoms with Gasteiger partial charge in [-0.3, -0.25) is 24.8 Å². The third-order valence-electron chi connectivity index (χ3n) is 3.78. The lowest BCUT2D eigenvalue weighted by atomic mass is 10.2. The average Bonchev–Trinajstić information content (AvgIpc) is 3.09. The molecular weight excluding hydrogens is 381 g/mol. The molecule has 1 heterocycles. The number of nitrogens with zero attached hydrogens (tertiary/aromatic N) is 3. The summed E-state index contributed by atoms with van der Waals surface area (Å²) in [5, 5.41) is 11.5. The van der Waals surface area contributed by atoms with E-state index in [2.05, 4.69) is 4.99 Å². The minimum absolute atomic E-state index is 0.0829. The molecule has 26 heavy (non-hydrogen) atoms.